The van der Waals surface area contributed by atoms with Gasteiger partial charge in [-0.1, -0.05) is 30.3 Å². The molecule has 8 rings (SSSR count). The molecule has 1 aromatic heterocycles. The molecule has 0 radical (unpaired) electrons. The fourth-order valence-corrected chi connectivity index (χ4v) is 7.45. The third-order valence-electron chi connectivity index (χ3n) is 9.39. The Labute approximate surface area is 227 Å². The summed E-state index contributed by atoms with van der Waals surface area (Å²) in [6, 6.07) is 15.9. The third-order valence-corrected chi connectivity index (χ3v) is 9.39. The van der Waals surface area contributed by atoms with E-state index in [0.717, 1.165) is 67.7 Å². The lowest BCUT2D eigenvalue weighted by atomic mass is 9.90. The number of benzene rings is 3. The maximum atomic E-state index is 16.7. The lowest BCUT2D eigenvalue weighted by Crippen LogP contribution is -2.51. The van der Waals surface area contributed by atoms with Crippen molar-refractivity contribution in [3.8, 4) is 16.9 Å². The monoisotopic (exact) mass is 524 g/mol. The molecule has 200 valence electrons. The summed E-state index contributed by atoms with van der Waals surface area (Å²) in [5.74, 6) is 2.44. The molecule has 4 saturated heterocycles. The summed E-state index contributed by atoms with van der Waals surface area (Å²) >= 11 is 0. The van der Waals surface area contributed by atoms with Crippen molar-refractivity contribution in [2.24, 2.45) is 11.8 Å². The second kappa shape index (κ2) is 9.03. The van der Waals surface area contributed by atoms with E-state index in [1.165, 1.54) is 12.8 Å². The number of aromatic hydroxyl groups is 1. The van der Waals surface area contributed by atoms with Crippen LogP contribution < -0.4 is 20.4 Å². The van der Waals surface area contributed by atoms with Crippen LogP contribution in [0.15, 0.2) is 48.5 Å². The van der Waals surface area contributed by atoms with Gasteiger partial charge in [-0.3, -0.25) is 0 Å². The van der Waals surface area contributed by atoms with Crippen LogP contribution in [0.2, 0.25) is 0 Å². The molecule has 7 nitrogen and oxygen atoms in total. The van der Waals surface area contributed by atoms with Crippen LogP contribution in [-0.4, -0.2) is 66.4 Å². The molecule has 2 unspecified atom stereocenters. The molecule has 4 aromatic rings. The van der Waals surface area contributed by atoms with Gasteiger partial charge in [0.05, 0.1) is 0 Å². The number of halogens is 1. The molecule has 3 N–H and O–H groups in total. The van der Waals surface area contributed by atoms with Crippen molar-refractivity contribution in [2.45, 2.75) is 31.3 Å². The molecule has 3 aromatic carbocycles. The summed E-state index contributed by atoms with van der Waals surface area (Å²) < 4.78 is 16.7. The number of anilines is 2. The SMILES string of the molecule is Oc1cc(-c2ccc3c(N4C[C@H]5CC[C@@H](C4)N5)nc(N4CC5CCNCC5C4)nc3c2F)c2ccccc2c1. The fraction of sp³-hybridized carbons (Fsp3) is 0.419. The van der Waals surface area contributed by atoms with Crippen molar-refractivity contribution in [3.05, 3.63) is 54.3 Å². The highest BCUT2D eigenvalue weighted by molar-refractivity contribution is 6.01. The predicted molar refractivity (Wildman–Crippen MR) is 153 cm³/mol. The number of phenolic OH excluding ortho intramolecular Hbond substituents is 1. The standard InChI is InChI=1S/C31H33FN6O/c32-28-25(27-12-23(39)11-18-3-1-2-4-24(18)27)7-8-26-29(28)35-31(38-14-19-9-10-33-13-20(19)15-38)36-30(26)37-16-21-5-6-22(17-37)34-21/h1-4,7-8,11-12,19-22,33-34,39H,5-6,9-10,13-17H2/t19?,20?,21-,22+. The van der Waals surface area contributed by atoms with Gasteiger partial charge in [0.25, 0.3) is 0 Å². The molecule has 4 fully saturated rings. The van der Waals surface area contributed by atoms with E-state index < -0.39 is 0 Å². The number of hydrogen-bond donors (Lipinski definition) is 3. The Balaban J connectivity index is 1.30. The van der Waals surface area contributed by atoms with Gasteiger partial charge in [0.1, 0.15) is 17.1 Å². The van der Waals surface area contributed by atoms with Gasteiger partial charge in [0.15, 0.2) is 5.82 Å². The maximum absolute atomic E-state index is 16.7. The van der Waals surface area contributed by atoms with Crippen LogP contribution in [0.5, 0.6) is 5.75 Å². The van der Waals surface area contributed by atoms with Crippen LogP contribution in [0.25, 0.3) is 32.8 Å². The molecule has 5 heterocycles. The third kappa shape index (κ3) is 3.92. The van der Waals surface area contributed by atoms with Crippen LogP contribution in [0, 0.1) is 17.7 Å². The minimum absolute atomic E-state index is 0.122. The Bertz CT molecular complexity index is 1570. The van der Waals surface area contributed by atoms with Crippen LogP contribution in [0.4, 0.5) is 16.2 Å². The van der Waals surface area contributed by atoms with Gasteiger partial charge in [0.2, 0.25) is 5.95 Å². The van der Waals surface area contributed by atoms with Crippen molar-refractivity contribution in [2.75, 3.05) is 49.1 Å². The number of piperazine rings is 1. The van der Waals surface area contributed by atoms with Crippen molar-refractivity contribution < 1.29 is 9.50 Å². The average molecular weight is 525 g/mol. The van der Waals surface area contributed by atoms with Crippen molar-refractivity contribution >= 4 is 33.4 Å². The summed E-state index contributed by atoms with van der Waals surface area (Å²) in [5.41, 5.74) is 1.48. The summed E-state index contributed by atoms with van der Waals surface area (Å²) in [7, 11) is 0. The number of rotatable bonds is 3. The molecule has 0 aliphatic carbocycles. The van der Waals surface area contributed by atoms with E-state index in [4.69, 9.17) is 9.97 Å². The van der Waals surface area contributed by atoms with E-state index in [-0.39, 0.29) is 11.6 Å². The Morgan fingerprint density at radius 1 is 0.821 bits per heavy atom. The summed E-state index contributed by atoms with van der Waals surface area (Å²) in [4.78, 5) is 14.7. The lowest BCUT2D eigenvalue weighted by molar-refractivity contribution is 0.318. The largest absolute Gasteiger partial charge is 0.508 e. The quantitative estimate of drug-likeness (QED) is 0.369. The number of hydrogen-bond acceptors (Lipinski definition) is 7. The van der Waals surface area contributed by atoms with Crippen LogP contribution >= 0.6 is 0 Å². The Kier molecular flexibility index (Phi) is 5.42. The summed E-state index contributed by atoms with van der Waals surface area (Å²) in [6.45, 7) is 5.64. The van der Waals surface area contributed by atoms with Crippen molar-refractivity contribution in [1.29, 1.82) is 0 Å². The van der Waals surface area contributed by atoms with Crippen molar-refractivity contribution in [3.63, 3.8) is 0 Å². The molecule has 0 amide bonds. The van der Waals surface area contributed by atoms with Gasteiger partial charge in [-0.25, -0.2) is 9.37 Å². The maximum Gasteiger partial charge on any atom is 0.228 e. The van der Waals surface area contributed by atoms with E-state index in [2.05, 4.69) is 20.4 Å². The topological polar surface area (TPSA) is 76.6 Å². The number of nitrogens with one attached hydrogen (secondary N) is 2. The first-order chi connectivity index (χ1) is 19.1. The van der Waals surface area contributed by atoms with E-state index >= 15 is 4.39 Å². The molecule has 2 bridgehead atoms. The van der Waals surface area contributed by atoms with E-state index in [1.807, 2.05) is 36.4 Å². The second-order valence-electron chi connectivity index (χ2n) is 11.8. The van der Waals surface area contributed by atoms with Gasteiger partial charge >= 0.3 is 0 Å². The Morgan fingerprint density at radius 3 is 2.49 bits per heavy atom. The highest BCUT2D eigenvalue weighted by atomic mass is 19.1. The zero-order valence-corrected chi connectivity index (χ0v) is 21.9. The van der Waals surface area contributed by atoms with Gasteiger partial charge in [-0.2, -0.15) is 4.98 Å². The molecule has 4 aliphatic rings. The van der Waals surface area contributed by atoms with E-state index in [9.17, 15) is 5.11 Å². The van der Waals surface area contributed by atoms with Gasteiger partial charge in [-0.15, -0.1) is 0 Å². The van der Waals surface area contributed by atoms with Gasteiger partial charge < -0.3 is 25.5 Å². The Morgan fingerprint density at radius 2 is 1.64 bits per heavy atom. The van der Waals surface area contributed by atoms with Gasteiger partial charge in [0, 0.05) is 49.2 Å². The number of phenols is 1. The first-order valence-electron chi connectivity index (χ1n) is 14.3. The van der Waals surface area contributed by atoms with E-state index in [0.29, 0.717) is 46.5 Å². The average Bonchev–Trinajstić information content (AvgIpc) is 3.54. The highest BCUT2D eigenvalue weighted by Crippen LogP contribution is 2.40. The summed E-state index contributed by atoms with van der Waals surface area (Å²) in [6.07, 6.45) is 3.50. The minimum atomic E-state index is -0.357. The van der Waals surface area contributed by atoms with Crippen LogP contribution in [0.1, 0.15) is 19.3 Å². The predicted octanol–water partition coefficient (Wildman–Crippen LogP) is 4.28. The van der Waals surface area contributed by atoms with Gasteiger partial charge in [-0.05, 0) is 78.7 Å². The number of piperidine rings is 1. The molecular formula is C31H33FN6O. The highest BCUT2D eigenvalue weighted by Gasteiger charge is 2.37. The normalized spacial score (nSPS) is 26.5. The smallest absolute Gasteiger partial charge is 0.228 e. The molecule has 39 heavy (non-hydrogen) atoms. The molecular weight excluding hydrogens is 491 g/mol. The lowest BCUT2D eigenvalue weighted by Gasteiger charge is -2.34. The zero-order chi connectivity index (χ0) is 26.1. The number of aromatic nitrogens is 2. The zero-order valence-electron chi connectivity index (χ0n) is 21.9. The minimum Gasteiger partial charge on any atom is -0.508 e. The van der Waals surface area contributed by atoms with Crippen LogP contribution in [0.3, 0.4) is 0 Å². The van der Waals surface area contributed by atoms with Crippen LogP contribution in [-0.2, 0) is 0 Å². The first-order valence-corrected chi connectivity index (χ1v) is 14.3. The molecule has 8 heteroatoms. The fourth-order valence-electron chi connectivity index (χ4n) is 7.45. The first kappa shape index (κ1) is 23.4. The molecule has 0 spiro atoms. The Hall–Kier alpha value is -3.49. The number of fused-ring (bicyclic) bond motifs is 5. The molecule has 4 atom stereocenters. The molecule has 4 aliphatic heterocycles. The summed E-state index contributed by atoms with van der Waals surface area (Å²) in [5, 5.41) is 20.2. The molecule has 0 saturated carbocycles. The van der Waals surface area contributed by atoms with Crippen molar-refractivity contribution in [1.82, 2.24) is 20.6 Å². The number of nitrogens with zero attached hydrogens (tertiary/aromatic N) is 4. The second-order valence-corrected chi connectivity index (χ2v) is 11.8. The van der Waals surface area contributed by atoms with E-state index in [1.54, 1.807) is 12.1 Å².